The summed E-state index contributed by atoms with van der Waals surface area (Å²) in [5.41, 5.74) is 0.619. The number of hydrogen-bond donors (Lipinski definition) is 1. The van der Waals surface area contributed by atoms with Gasteiger partial charge in [0.05, 0.1) is 18.2 Å². The number of pyridine rings is 1. The summed E-state index contributed by atoms with van der Waals surface area (Å²) in [5.74, 6) is 0.487. The van der Waals surface area contributed by atoms with Crippen molar-refractivity contribution in [3.8, 4) is 12.1 Å². The molecule has 0 aliphatic carbocycles. The van der Waals surface area contributed by atoms with Crippen molar-refractivity contribution in [2.45, 2.75) is 13.0 Å². The Balaban J connectivity index is 3.09. The Morgan fingerprint density at radius 3 is 2.56 bits per heavy atom. The topological polar surface area (TPSA) is 83.9 Å². The van der Waals surface area contributed by atoms with Gasteiger partial charge >= 0.3 is 0 Å². The summed E-state index contributed by atoms with van der Waals surface area (Å²) in [5, 5.41) is 26.9. The van der Waals surface area contributed by atoms with Gasteiger partial charge in [-0.1, -0.05) is 6.07 Å². The lowest BCUT2D eigenvalue weighted by Gasteiger charge is -2.21. The largest absolute Gasteiger partial charge is 0.389 e. The molecule has 0 fully saturated rings. The van der Waals surface area contributed by atoms with Crippen LogP contribution in [-0.2, 0) is 0 Å². The lowest BCUT2D eigenvalue weighted by atomic mass is 10.1. The normalized spacial score (nSPS) is 11.2. The van der Waals surface area contributed by atoms with Crippen molar-refractivity contribution in [2.24, 2.45) is 0 Å². The SMILES string of the molecule is C[C@@H](O)c1cccnc1N(CC#N)CC#N. The van der Waals surface area contributed by atoms with E-state index >= 15 is 0 Å². The third kappa shape index (κ3) is 2.69. The molecule has 0 aliphatic heterocycles. The molecule has 82 valence electrons. The van der Waals surface area contributed by atoms with Gasteiger partial charge in [0.25, 0.3) is 0 Å². The molecule has 0 bridgehead atoms. The van der Waals surface area contributed by atoms with Gasteiger partial charge in [-0.15, -0.1) is 0 Å². The highest BCUT2D eigenvalue weighted by molar-refractivity contribution is 5.49. The molecular weight excluding hydrogens is 204 g/mol. The highest BCUT2D eigenvalue weighted by atomic mass is 16.3. The first-order chi connectivity index (χ1) is 7.70. The predicted octanol–water partition coefficient (Wildman–Crippen LogP) is 0.988. The van der Waals surface area contributed by atoms with E-state index in [1.165, 1.54) is 4.90 Å². The van der Waals surface area contributed by atoms with Gasteiger partial charge in [0.2, 0.25) is 0 Å². The first-order valence-electron chi connectivity index (χ1n) is 4.82. The molecule has 1 N–H and O–H groups in total. The monoisotopic (exact) mass is 216 g/mol. The number of aromatic nitrogens is 1. The van der Waals surface area contributed by atoms with Crippen LogP contribution in [0.5, 0.6) is 0 Å². The zero-order chi connectivity index (χ0) is 12.0. The van der Waals surface area contributed by atoms with Gasteiger partial charge in [-0.3, -0.25) is 0 Å². The molecule has 1 atom stereocenters. The number of nitrogens with zero attached hydrogens (tertiary/aromatic N) is 4. The standard InChI is InChI=1S/C11H12N4O/c1-9(16)10-3-2-6-14-11(10)15(7-4-12)8-5-13/h2-3,6,9,16H,7-8H2,1H3/t9-/m1/s1. The second-order valence-corrected chi connectivity index (χ2v) is 3.26. The number of hydrogen-bond acceptors (Lipinski definition) is 5. The van der Waals surface area contributed by atoms with Crippen LogP contribution in [0, 0.1) is 22.7 Å². The lowest BCUT2D eigenvalue weighted by molar-refractivity contribution is 0.199. The van der Waals surface area contributed by atoms with Crippen molar-refractivity contribution >= 4 is 5.82 Å². The molecule has 16 heavy (non-hydrogen) atoms. The van der Waals surface area contributed by atoms with Gasteiger partial charge in [-0.2, -0.15) is 10.5 Å². The molecule has 0 unspecified atom stereocenters. The van der Waals surface area contributed by atoms with E-state index in [0.717, 1.165) is 0 Å². The van der Waals surface area contributed by atoms with E-state index in [9.17, 15) is 5.11 Å². The zero-order valence-corrected chi connectivity index (χ0v) is 8.96. The first kappa shape index (κ1) is 12.0. The molecule has 0 aromatic carbocycles. The maximum atomic E-state index is 9.56. The zero-order valence-electron chi connectivity index (χ0n) is 8.96. The van der Waals surface area contributed by atoms with Crippen LogP contribution in [0.4, 0.5) is 5.82 Å². The molecule has 0 saturated carbocycles. The Morgan fingerprint density at radius 1 is 1.44 bits per heavy atom. The third-order valence-corrected chi connectivity index (χ3v) is 2.09. The van der Waals surface area contributed by atoms with E-state index in [2.05, 4.69) is 4.98 Å². The molecule has 0 spiro atoms. The molecule has 0 amide bonds. The Kier molecular flexibility index (Phi) is 4.26. The van der Waals surface area contributed by atoms with Crippen LogP contribution in [0.25, 0.3) is 0 Å². The Bertz CT molecular complexity index is 414. The maximum absolute atomic E-state index is 9.56. The fraction of sp³-hybridized carbons (Fsp3) is 0.364. The number of nitriles is 2. The molecular formula is C11H12N4O. The smallest absolute Gasteiger partial charge is 0.136 e. The molecule has 5 nitrogen and oxygen atoms in total. The summed E-state index contributed by atoms with van der Waals surface area (Å²) < 4.78 is 0. The minimum absolute atomic E-state index is 0.0737. The molecule has 1 rings (SSSR count). The average molecular weight is 216 g/mol. The van der Waals surface area contributed by atoms with Gasteiger partial charge < -0.3 is 10.0 Å². The summed E-state index contributed by atoms with van der Waals surface area (Å²) in [6.45, 7) is 1.77. The third-order valence-electron chi connectivity index (χ3n) is 2.09. The Morgan fingerprint density at radius 2 is 2.06 bits per heavy atom. The predicted molar refractivity (Wildman–Crippen MR) is 58.3 cm³/mol. The van der Waals surface area contributed by atoms with E-state index in [0.29, 0.717) is 11.4 Å². The van der Waals surface area contributed by atoms with Crippen LogP contribution < -0.4 is 4.90 Å². The van der Waals surface area contributed by atoms with Crippen LogP contribution in [0.15, 0.2) is 18.3 Å². The van der Waals surface area contributed by atoms with Crippen LogP contribution >= 0.6 is 0 Å². The van der Waals surface area contributed by atoms with Crippen LogP contribution in [0.1, 0.15) is 18.6 Å². The highest BCUT2D eigenvalue weighted by Crippen LogP contribution is 2.22. The summed E-state index contributed by atoms with van der Waals surface area (Å²) in [6.07, 6.45) is 0.895. The lowest BCUT2D eigenvalue weighted by Crippen LogP contribution is -2.26. The van der Waals surface area contributed by atoms with Gasteiger partial charge in [-0.05, 0) is 13.0 Å². The van der Waals surface area contributed by atoms with E-state index in [1.807, 2.05) is 12.1 Å². The summed E-state index contributed by atoms with van der Waals surface area (Å²) in [4.78, 5) is 5.63. The van der Waals surface area contributed by atoms with Crippen LogP contribution in [-0.4, -0.2) is 23.2 Å². The van der Waals surface area contributed by atoms with E-state index in [1.54, 1.807) is 25.3 Å². The number of aliphatic hydroxyl groups excluding tert-OH is 1. The Hall–Kier alpha value is -2.11. The summed E-state index contributed by atoms with van der Waals surface area (Å²) in [6, 6.07) is 7.38. The van der Waals surface area contributed by atoms with Crippen molar-refractivity contribution in [2.75, 3.05) is 18.0 Å². The molecule has 0 aliphatic rings. The first-order valence-corrected chi connectivity index (χ1v) is 4.82. The Labute approximate surface area is 94.2 Å². The molecule has 1 heterocycles. The molecule has 0 radical (unpaired) electrons. The van der Waals surface area contributed by atoms with E-state index < -0.39 is 6.10 Å². The minimum Gasteiger partial charge on any atom is -0.389 e. The van der Waals surface area contributed by atoms with Crippen molar-refractivity contribution in [1.29, 1.82) is 10.5 Å². The fourth-order valence-corrected chi connectivity index (χ4v) is 1.38. The second-order valence-electron chi connectivity index (χ2n) is 3.26. The van der Waals surface area contributed by atoms with Gasteiger partial charge in [0.1, 0.15) is 18.9 Å². The summed E-state index contributed by atoms with van der Waals surface area (Å²) >= 11 is 0. The number of rotatable bonds is 4. The molecule has 0 saturated heterocycles. The quantitative estimate of drug-likeness (QED) is 0.758. The van der Waals surface area contributed by atoms with Crippen molar-refractivity contribution in [3.63, 3.8) is 0 Å². The number of aliphatic hydroxyl groups is 1. The highest BCUT2D eigenvalue weighted by Gasteiger charge is 2.14. The van der Waals surface area contributed by atoms with Gasteiger partial charge in [-0.25, -0.2) is 4.98 Å². The summed E-state index contributed by atoms with van der Waals surface area (Å²) in [7, 11) is 0. The van der Waals surface area contributed by atoms with E-state index in [4.69, 9.17) is 10.5 Å². The minimum atomic E-state index is -0.677. The fourth-order valence-electron chi connectivity index (χ4n) is 1.38. The second kappa shape index (κ2) is 5.69. The van der Waals surface area contributed by atoms with Gasteiger partial charge in [0.15, 0.2) is 0 Å². The molecule has 5 heteroatoms. The van der Waals surface area contributed by atoms with Crippen molar-refractivity contribution in [3.05, 3.63) is 23.9 Å². The van der Waals surface area contributed by atoms with Crippen LogP contribution in [0.2, 0.25) is 0 Å². The van der Waals surface area contributed by atoms with Crippen LogP contribution in [0.3, 0.4) is 0 Å². The maximum Gasteiger partial charge on any atom is 0.136 e. The van der Waals surface area contributed by atoms with E-state index in [-0.39, 0.29) is 13.1 Å². The molecule has 1 aromatic heterocycles. The molecule has 1 aromatic rings. The average Bonchev–Trinajstić information content (AvgIpc) is 2.29. The van der Waals surface area contributed by atoms with Gasteiger partial charge in [0, 0.05) is 11.8 Å². The number of anilines is 1. The van der Waals surface area contributed by atoms with Crippen molar-refractivity contribution in [1.82, 2.24) is 4.98 Å². The van der Waals surface area contributed by atoms with Crippen molar-refractivity contribution < 1.29 is 5.11 Å².